The number of amides is 2. The van der Waals surface area contributed by atoms with Crippen molar-refractivity contribution >= 4 is 17.7 Å². The van der Waals surface area contributed by atoms with Crippen LogP contribution in [0.4, 0.5) is 10.5 Å². The van der Waals surface area contributed by atoms with Gasteiger partial charge in [-0.05, 0) is 30.5 Å². The summed E-state index contributed by atoms with van der Waals surface area (Å²) in [7, 11) is 7.57. The highest BCUT2D eigenvalue weighted by Gasteiger charge is 2.22. The molecule has 6 nitrogen and oxygen atoms in total. The first-order valence-corrected chi connectivity index (χ1v) is 10.8. The Bertz CT molecular complexity index is 623. The van der Waals surface area contributed by atoms with Crippen molar-refractivity contribution in [2.75, 3.05) is 39.6 Å². The molecule has 0 saturated heterocycles. The third kappa shape index (κ3) is 10.9. The quantitative estimate of drug-likeness (QED) is 0.405. The van der Waals surface area contributed by atoms with Gasteiger partial charge in [-0.1, -0.05) is 51.2 Å². The minimum absolute atomic E-state index is 0.202. The molecule has 0 bridgehead atoms. The smallest absolute Gasteiger partial charge is 0.322 e. The number of hydrogen-bond acceptors (Lipinski definition) is 3. The van der Waals surface area contributed by atoms with Gasteiger partial charge in [-0.15, -0.1) is 0 Å². The van der Waals surface area contributed by atoms with E-state index in [1.54, 1.807) is 7.05 Å². The number of aryl methyl sites for hydroxylation is 1. The van der Waals surface area contributed by atoms with Gasteiger partial charge < -0.3 is 19.7 Å². The Morgan fingerprint density at radius 2 is 1.62 bits per heavy atom. The summed E-state index contributed by atoms with van der Waals surface area (Å²) in [6.45, 7) is 2.73. The van der Waals surface area contributed by atoms with Gasteiger partial charge in [-0.25, -0.2) is 4.79 Å². The average Bonchev–Trinajstić information content (AvgIpc) is 2.62. The average molecular weight is 406 g/mol. The third-order valence-electron chi connectivity index (χ3n) is 4.96. The number of carboxylic acid groups (broad SMARTS) is 1. The van der Waals surface area contributed by atoms with Crippen molar-refractivity contribution in [2.24, 2.45) is 0 Å². The first-order chi connectivity index (χ1) is 13.6. The third-order valence-corrected chi connectivity index (χ3v) is 4.96. The molecule has 1 aromatic carbocycles. The molecule has 0 aromatic heterocycles. The number of likely N-dealkylation sites (N-methyl/N-ethyl adjacent to an activating group) is 1. The van der Waals surface area contributed by atoms with Crippen LogP contribution in [-0.2, 0) is 11.2 Å². The summed E-state index contributed by atoms with van der Waals surface area (Å²) < 4.78 is 0.551. The number of urea groups is 1. The van der Waals surface area contributed by atoms with Crippen LogP contribution in [0.15, 0.2) is 24.3 Å². The molecule has 0 fully saturated rings. The Kier molecular flexibility index (Phi) is 10.7. The molecule has 2 amide bonds. The van der Waals surface area contributed by atoms with E-state index in [4.69, 9.17) is 0 Å². The fraction of sp³-hybridized carbons (Fsp3) is 0.652. The van der Waals surface area contributed by atoms with E-state index in [2.05, 4.69) is 24.4 Å². The fourth-order valence-electron chi connectivity index (χ4n) is 3.41. The Balaban J connectivity index is 2.57. The Hall–Kier alpha value is -2.08. The highest BCUT2D eigenvalue weighted by molar-refractivity contribution is 5.91. The van der Waals surface area contributed by atoms with Crippen molar-refractivity contribution in [1.29, 1.82) is 0 Å². The molecule has 0 radical (unpaired) electrons. The van der Waals surface area contributed by atoms with Crippen LogP contribution in [-0.4, -0.2) is 57.3 Å². The summed E-state index contributed by atoms with van der Waals surface area (Å²) >= 11 is 0. The number of anilines is 1. The van der Waals surface area contributed by atoms with Crippen LogP contribution in [0.2, 0.25) is 0 Å². The lowest BCUT2D eigenvalue weighted by Crippen LogP contribution is -2.53. The van der Waals surface area contributed by atoms with Crippen LogP contribution in [0, 0.1) is 0 Å². The van der Waals surface area contributed by atoms with E-state index < -0.39 is 12.0 Å². The number of carbonyl (C=O) groups excluding carboxylic acids is 2. The van der Waals surface area contributed by atoms with Gasteiger partial charge in [0.25, 0.3) is 0 Å². The molecule has 6 heteroatoms. The maximum absolute atomic E-state index is 12.6. The van der Waals surface area contributed by atoms with Crippen molar-refractivity contribution in [3.63, 3.8) is 0 Å². The maximum Gasteiger partial charge on any atom is 0.322 e. The fourth-order valence-corrected chi connectivity index (χ4v) is 3.41. The number of rotatable bonds is 13. The molecule has 29 heavy (non-hydrogen) atoms. The molecule has 0 unspecified atom stereocenters. The molecule has 1 rings (SSSR count). The van der Waals surface area contributed by atoms with Crippen molar-refractivity contribution in [1.82, 2.24) is 5.32 Å². The molecule has 0 aliphatic rings. The van der Waals surface area contributed by atoms with Crippen LogP contribution in [0.5, 0.6) is 0 Å². The number of carboxylic acids is 1. The normalized spacial score (nSPS) is 12.4. The molecule has 1 atom stereocenters. The van der Waals surface area contributed by atoms with Gasteiger partial charge in [0.2, 0.25) is 0 Å². The van der Waals surface area contributed by atoms with E-state index in [1.165, 1.54) is 49.0 Å². The van der Waals surface area contributed by atoms with Crippen molar-refractivity contribution < 1.29 is 19.2 Å². The molecule has 1 N–H and O–H groups in total. The Morgan fingerprint density at radius 1 is 1.03 bits per heavy atom. The predicted octanol–water partition coefficient (Wildman–Crippen LogP) is 2.95. The molecule has 0 aliphatic carbocycles. The number of hydrogen-bond donors (Lipinski definition) is 1. The Morgan fingerprint density at radius 3 is 2.17 bits per heavy atom. The van der Waals surface area contributed by atoms with Gasteiger partial charge in [-0.3, -0.25) is 4.90 Å². The summed E-state index contributed by atoms with van der Waals surface area (Å²) in [5.41, 5.74) is 2.06. The number of nitrogens with zero attached hydrogens (tertiary/aromatic N) is 2. The van der Waals surface area contributed by atoms with Crippen molar-refractivity contribution in [2.45, 2.75) is 64.3 Å². The van der Waals surface area contributed by atoms with Crippen LogP contribution in [0.25, 0.3) is 0 Å². The van der Waals surface area contributed by atoms with E-state index in [0.717, 1.165) is 12.1 Å². The summed E-state index contributed by atoms with van der Waals surface area (Å²) in [4.78, 5) is 25.1. The highest BCUT2D eigenvalue weighted by Crippen LogP contribution is 2.16. The summed E-state index contributed by atoms with van der Waals surface area (Å²) in [6.07, 6.45) is 8.52. The largest absolute Gasteiger partial charge is 0.550 e. The van der Waals surface area contributed by atoms with Gasteiger partial charge in [0.15, 0.2) is 0 Å². The first-order valence-electron chi connectivity index (χ1n) is 10.8. The van der Waals surface area contributed by atoms with E-state index in [9.17, 15) is 14.7 Å². The van der Waals surface area contributed by atoms with Gasteiger partial charge in [-0.2, -0.15) is 0 Å². The summed E-state index contributed by atoms with van der Waals surface area (Å²) in [6, 6.07) is 7.22. The minimum atomic E-state index is -1.16. The Labute approximate surface area is 176 Å². The second-order valence-corrected chi connectivity index (χ2v) is 8.94. The molecule has 0 saturated carbocycles. The molecular formula is C23H39N3O3. The number of nitrogens with one attached hydrogen (secondary N) is 1. The van der Waals surface area contributed by atoms with Crippen LogP contribution in [0.1, 0.15) is 57.4 Å². The topological polar surface area (TPSA) is 72.5 Å². The zero-order valence-corrected chi connectivity index (χ0v) is 18.9. The molecule has 0 heterocycles. The summed E-state index contributed by atoms with van der Waals surface area (Å²) in [5, 5.41) is 13.9. The standard InChI is InChI=1S/C23H39N3O3/c1-6-7-8-9-10-11-12-19-13-15-21(16-14-19)25(2)23(29)24-20(17-22(27)28)18-26(3,4)5/h13-16,20H,6-12,17-18H2,1-5H3,(H-,24,27,28,29)/t20-/m1/s1. The zero-order chi connectivity index (χ0) is 21.9. The number of quaternary nitrogens is 1. The van der Waals surface area contributed by atoms with E-state index >= 15 is 0 Å². The zero-order valence-electron chi connectivity index (χ0n) is 18.9. The van der Waals surface area contributed by atoms with Gasteiger partial charge in [0.1, 0.15) is 0 Å². The predicted molar refractivity (Wildman–Crippen MR) is 117 cm³/mol. The lowest BCUT2D eigenvalue weighted by Gasteiger charge is -2.31. The summed E-state index contributed by atoms with van der Waals surface area (Å²) in [5.74, 6) is -1.16. The number of aliphatic carboxylic acids is 1. The molecule has 0 spiro atoms. The van der Waals surface area contributed by atoms with Crippen molar-refractivity contribution in [3.05, 3.63) is 29.8 Å². The number of unbranched alkanes of at least 4 members (excludes halogenated alkanes) is 5. The molecule has 1 aromatic rings. The van der Waals surface area contributed by atoms with E-state index in [-0.39, 0.29) is 12.5 Å². The lowest BCUT2D eigenvalue weighted by atomic mass is 10.0. The van der Waals surface area contributed by atoms with E-state index in [1.807, 2.05) is 33.3 Å². The molecular weight excluding hydrogens is 366 g/mol. The molecule has 0 aliphatic heterocycles. The van der Waals surface area contributed by atoms with Crippen LogP contribution < -0.4 is 15.3 Å². The van der Waals surface area contributed by atoms with Crippen LogP contribution >= 0.6 is 0 Å². The van der Waals surface area contributed by atoms with E-state index in [0.29, 0.717) is 11.0 Å². The highest BCUT2D eigenvalue weighted by atomic mass is 16.4. The maximum atomic E-state index is 12.6. The SMILES string of the molecule is CCCCCCCCc1ccc(N(C)C(=O)N[C@H](CC(=O)[O-])C[N+](C)(C)C)cc1. The number of benzene rings is 1. The lowest BCUT2D eigenvalue weighted by molar-refractivity contribution is -0.871. The second-order valence-electron chi connectivity index (χ2n) is 8.94. The molecule has 164 valence electrons. The van der Waals surface area contributed by atoms with Crippen LogP contribution in [0.3, 0.4) is 0 Å². The van der Waals surface area contributed by atoms with Gasteiger partial charge >= 0.3 is 6.03 Å². The van der Waals surface area contributed by atoms with Gasteiger partial charge in [0, 0.05) is 25.1 Å². The first kappa shape index (κ1) is 25.0. The minimum Gasteiger partial charge on any atom is -0.550 e. The van der Waals surface area contributed by atoms with Gasteiger partial charge in [0.05, 0.1) is 33.7 Å². The monoisotopic (exact) mass is 405 g/mol. The second kappa shape index (κ2) is 12.5. The number of carbonyl (C=O) groups is 2. The van der Waals surface area contributed by atoms with Crippen molar-refractivity contribution in [3.8, 4) is 0 Å².